The molecule has 5 heteroatoms. The lowest BCUT2D eigenvalue weighted by Crippen LogP contribution is -2.23. The van der Waals surface area contributed by atoms with Crippen LogP contribution in [0.2, 0.25) is 5.02 Å². The van der Waals surface area contributed by atoms with E-state index in [-0.39, 0.29) is 11.9 Å². The van der Waals surface area contributed by atoms with Gasteiger partial charge in [0.05, 0.1) is 18.2 Å². The smallest absolute Gasteiger partial charge is 0.137 e. The van der Waals surface area contributed by atoms with E-state index in [1.807, 2.05) is 19.1 Å². The Bertz CT molecular complexity index is 636. The fourth-order valence-corrected chi connectivity index (χ4v) is 2.78. The van der Waals surface area contributed by atoms with E-state index in [2.05, 4.69) is 21.2 Å². The maximum absolute atomic E-state index is 14.2. The molecule has 1 unspecified atom stereocenters. The first kappa shape index (κ1) is 16.3. The first-order valence-corrected chi connectivity index (χ1v) is 7.75. The lowest BCUT2D eigenvalue weighted by molar-refractivity contribution is 0.413. The Labute approximate surface area is 137 Å². The lowest BCUT2D eigenvalue weighted by Gasteiger charge is -2.20. The van der Waals surface area contributed by atoms with Gasteiger partial charge in [-0.1, -0.05) is 40.5 Å². The Hall–Kier alpha value is -1.10. The van der Waals surface area contributed by atoms with Crippen molar-refractivity contribution in [2.75, 3.05) is 13.7 Å². The Morgan fingerprint density at radius 3 is 2.71 bits per heavy atom. The van der Waals surface area contributed by atoms with Crippen molar-refractivity contribution in [3.8, 4) is 5.75 Å². The van der Waals surface area contributed by atoms with E-state index in [9.17, 15) is 4.39 Å². The van der Waals surface area contributed by atoms with Gasteiger partial charge in [0.25, 0.3) is 0 Å². The van der Waals surface area contributed by atoms with Crippen LogP contribution in [0.1, 0.15) is 24.1 Å². The predicted molar refractivity (Wildman–Crippen MR) is 87.6 cm³/mol. The van der Waals surface area contributed by atoms with Crippen LogP contribution < -0.4 is 10.1 Å². The fraction of sp³-hybridized carbons (Fsp3) is 0.250. The second-order valence-electron chi connectivity index (χ2n) is 4.55. The molecule has 0 saturated carbocycles. The minimum atomic E-state index is -0.265. The van der Waals surface area contributed by atoms with Crippen molar-refractivity contribution in [1.82, 2.24) is 5.32 Å². The Morgan fingerprint density at radius 1 is 1.29 bits per heavy atom. The molecule has 2 aromatic carbocycles. The van der Waals surface area contributed by atoms with Gasteiger partial charge < -0.3 is 10.1 Å². The minimum Gasteiger partial charge on any atom is -0.495 e. The number of rotatable bonds is 5. The van der Waals surface area contributed by atoms with E-state index in [1.165, 1.54) is 6.07 Å². The Balaban J connectivity index is 2.50. The van der Waals surface area contributed by atoms with Crippen LogP contribution in [-0.4, -0.2) is 13.7 Å². The van der Waals surface area contributed by atoms with Crippen molar-refractivity contribution in [3.05, 3.63) is 62.8 Å². The number of ether oxygens (including phenoxy) is 1. The van der Waals surface area contributed by atoms with Crippen molar-refractivity contribution in [2.24, 2.45) is 0 Å². The highest BCUT2D eigenvalue weighted by atomic mass is 79.9. The summed E-state index contributed by atoms with van der Waals surface area (Å²) < 4.78 is 20.2. The summed E-state index contributed by atoms with van der Waals surface area (Å²) in [6.07, 6.45) is 0. The van der Waals surface area contributed by atoms with Crippen molar-refractivity contribution in [1.29, 1.82) is 0 Å². The van der Waals surface area contributed by atoms with Gasteiger partial charge in [-0.3, -0.25) is 0 Å². The molecule has 0 aliphatic carbocycles. The molecule has 1 atom stereocenters. The van der Waals surface area contributed by atoms with Crippen molar-refractivity contribution in [2.45, 2.75) is 13.0 Å². The van der Waals surface area contributed by atoms with Crippen LogP contribution in [0.4, 0.5) is 4.39 Å². The standard InChI is InChI=1S/C16H16BrClFNO/c1-3-20-16(12-9-11(17)5-7-14(12)19)10-4-6-13(18)15(8-10)21-2/h4-9,16,20H,3H2,1-2H3. The highest BCUT2D eigenvalue weighted by molar-refractivity contribution is 9.10. The third kappa shape index (κ3) is 3.76. The SMILES string of the molecule is CCNC(c1ccc(Cl)c(OC)c1)c1cc(Br)ccc1F. The summed E-state index contributed by atoms with van der Waals surface area (Å²) in [5, 5.41) is 3.83. The quantitative estimate of drug-likeness (QED) is 0.802. The molecule has 0 heterocycles. The third-order valence-corrected chi connectivity index (χ3v) is 3.99. The van der Waals surface area contributed by atoms with Crippen LogP contribution in [0.15, 0.2) is 40.9 Å². The summed E-state index contributed by atoms with van der Waals surface area (Å²) in [7, 11) is 1.56. The highest BCUT2D eigenvalue weighted by Gasteiger charge is 2.18. The molecule has 1 N–H and O–H groups in total. The number of hydrogen-bond donors (Lipinski definition) is 1. The van der Waals surface area contributed by atoms with E-state index in [4.69, 9.17) is 16.3 Å². The van der Waals surface area contributed by atoms with Gasteiger partial charge in [0, 0.05) is 10.0 Å². The lowest BCUT2D eigenvalue weighted by atomic mass is 9.98. The molecule has 0 aliphatic heterocycles. The Morgan fingerprint density at radius 2 is 2.05 bits per heavy atom. The zero-order valence-electron chi connectivity index (χ0n) is 11.8. The summed E-state index contributed by atoms with van der Waals surface area (Å²) in [6.45, 7) is 2.69. The first-order valence-electron chi connectivity index (χ1n) is 6.58. The average molecular weight is 373 g/mol. The van der Waals surface area contributed by atoms with Gasteiger partial charge in [-0.25, -0.2) is 4.39 Å². The molecule has 112 valence electrons. The molecule has 0 bridgehead atoms. The minimum absolute atomic E-state index is 0.252. The highest BCUT2D eigenvalue weighted by Crippen LogP contribution is 2.32. The molecule has 2 nitrogen and oxygen atoms in total. The summed E-state index contributed by atoms with van der Waals surface area (Å²) >= 11 is 9.44. The summed E-state index contributed by atoms with van der Waals surface area (Å²) in [4.78, 5) is 0. The van der Waals surface area contributed by atoms with Crippen LogP contribution in [0, 0.1) is 5.82 Å². The van der Waals surface area contributed by atoms with E-state index >= 15 is 0 Å². The van der Waals surface area contributed by atoms with E-state index < -0.39 is 0 Å². The molecule has 2 aromatic rings. The van der Waals surface area contributed by atoms with Gasteiger partial charge in [-0.2, -0.15) is 0 Å². The van der Waals surface area contributed by atoms with Gasteiger partial charge in [0.2, 0.25) is 0 Å². The molecule has 21 heavy (non-hydrogen) atoms. The van der Waals surface area contributed by atoms with Crippen molar-refractivity contribution < 1.29 is 9.13 Å². The zero-order chi connectivity index (χ0) is 15.4. The Kier molecular flexibility index (Phi) is 5.62. The normalized spacial score (nSPS) is 12.2. The largest absolute Gasteiger partial charge is 0.495 e. The van der Waals surface area contributed by atoms with Gasteiger partial charge >= 0.3 is 0 Å². The van der Waals surface area contributed by atoms with Crippen molar-refractivity contribution in [3.63, 3.8) is 0 Å². The molecule has 2 rings (SSSR count). The molecule has 0 aromatic heterocycles. The van der Waals surface area contributed by atoms with Crippen LogP contribution in [0.25, 0.3) is 0 Å². The second-order valence-corrected chi connectivity index (χ2v) is 5.87. The summed E-state index contributed by atoms with van der Waals surface area (Å²) in [6, 6.07) is 10.1. The maximum atomic E-state index is 14.2. The molecular formula is C16H16BrClFNO. The van der Waals surface area contributed by atoms with Gasteiger partial charge in [0.1, 0.15) is 11.6 Å². The number of methoxy groups -OCH3 is 1. The molecule has 0 aliphatic rings. The van der Waals surface area contributed by atoms with Crippen molar-refractivity contribution >= 4 is 27.5 Å². The van der Waals surface area contributed by atoms with Crippen LogP contribution >= 0.6 is 27.5 Å². The van der Waals surface area contributed by atoms with Crippen LogP contribution in [0.5, 0.6) is 5.75 Å². The van der Waals surface area contributed by atoms with E-state index in [0.29, 0.717) is 22.9 Å². The monoisotopic (exact) mass is 371 g/mol. The van der Waals surface area contributed by atoms with E-state index in [0.717, 1.165) is 10.0 Å². The molecular weight excluding hydrogens is 357 g/mol. The molecule has 0 amide bonds. The molecule has 0 saturated heterocycles. The van der Waals surface area contributed by atoms with Gasteiger partial charge in [-0.05, 0) is 42.4 Å². The average Bonchev–Trinajstić information content (AvgIpc) is 2.48. The molecule has 0 spiro atoms. The number of benzene rings is 2. The van der Waals surface area contributed by atoms with E-state index in [1.54, 1.807) is 25.3 Å². The van der Waals surface area contributed by atoms with Gasteiger partial charge in [-0.15, -0.1) is 0 Å². The summed E-state index contributed by atoms with van der Waals surface area (Å²) in [5.74, 6) is 0.325. The number of halogens is 3. The molecule has 0 radical (unpaired) electrons. The zero-order valence-corrected chi connectivity index (χ0v) is 14.1. The maximum Gasteiger partial charge on any atom is 0.137 e. The predicted octanol–water partition coefficient (Wildman–Crippen LogP) is 4.95. The second kappa shape index (κ2) is 7.25. The number of hydrogen-bond acceptors (Lipinski definition) is 2. The third-order valence-electron chi connectivity index (χ3n) is 3.19. The first-order chi connectivity index (χ1) is 10.1. The number of nitrogens with one attached hydrogen (secondary N) is 1. The van der Waals surface area contributed by atoms with Gasteiger partial charge in [0.15, 0.2) is 0 Å². The topological polar surface area (TPSA) is 21.3 Å². The van der Waals surface area contributed by atoms with Crippen LogP contribution in [0.3, 0.4) is 0 Å². The fourth-order valence-electron chi connectivity index (χ4n) is 2.20. The van der Waals surface area contributed by atoms with Crippen LogP contribution in [-0.2, 0) is 0 Å². The molecule has 0 fully saturated rings. The summed E-state index contributed by atoms with van der Waals surface area (Å²) in [5.41, 5.74) is 1.48.